The summed E-state index contributed by atoms with van der Waals surface area (Å²) in [7, 11) is 2.30. The fraction of sp³-hybridized carbons (Fsp3) is 0.522. The zero-order chi connectivity index (χ0) is 17.9. The molecule has 0 spiro atoms. The van der Waals surface area contributed by atoms with E-state index in [-0.39, 0.29) is 0 Å². The van der Waals surface area contributed by atoms with E-state index in [1.54, 1.807) is 0 Å². The van der Waals surface area contributed by atoms with Gasteiger partial charge in [-0.1, -0.05) is 36.8 Å². The van der Waals surface area contributed by atoms with Gasteiger partial charge >= 0.3 is 0 Å². The molecule has 3 heteroatoms. The summed E-state index contributed by atoms with van der Waals surface area (Å²) in [6.45, 7) is 4.45. The van der Waals surface area contributed by atoms with Crippen LogP contribution in [-0.4, -0.2) is 42.1 Å². The fourth-order valence-corrected chi connectivity index (χ4v) is 4.73. The fourth-order valence-electron chi connectivity index (χ4n) is 4.73. The molecule has 4 rings (SSSR count). The molecule has 1 unspecified atom stereocenters. The molecule has 1 atom stereocenters. The molecule has 2 aliphatic rings. The molecule has 26 heavy (non-hydrogen) atoms. The summed E-state index contributed by atoms with van der Waals surface area (Å²) in [5, 5.41) is 0. The first-order chi connectivity index (χ1) is 12.7. The summed E-state index contributed by atoms with van der Waals surface area (Å²) in [6.07, 6.45) is 7.61. The number of aryl methyl sites for hydroxylation is 1. The Morgan fingerprint density at radius 2 is 1.81 bits per heavy atom. The second-order valence-corrected chi connectivity index (χ2v) is 8.08. The van der Waals surface area contributed by atoms with Crippen molar-refractivity contribution in [1.29, 1.82) is 0 Å². The summed E-state index contributed by atoms with van der Waals surface area (Å²) in [5.74, 6) is 1.15. The normalized spacial score (nSPS) is 20.9. The van der Waals surface area contributed by atoms with Gasteiger partial charge in [0.1, 0.15) is 5.82 Å². The molecule has 1 fully saturated rings. The average Bonchev–Trinajstić information content (AvgIpc) is 3.07. The van der Waals surface area contributed by atoms with Crippen LogP contribution in [0.4, 0.5) is 5.82 Å². The Hall–Kier alpha value is -1.87. The maximum atomic E-state index is 4.88. The molecule has 1 aliphatic carbocycles. The lowest BCUT2D eigenvalue weighted by Gasteiger charge is -2.36. The third kappa shape index (κ3) is 3.78. The minimum absolute atomic E-state index is 0.538. The molecule has 1 aromatic heterocycles. The van der Waals surface area contributed by atoms with E-state index in [0.29, 0.717) is 6.04 Å². The third-order valence-corrected chi connectivity index (χ3v) is 6.26. The highest BCUT2D eigenvalue weighted by atomic mass is 15.2. The zero-order valence-corrected chi connectivity index (χ0v) is 16.2. The number of aromatic nitrogens is 1. The van der Waals surface area contributed by atoms with Gasteiger partial charge in [-0.05, 0) is 75.9 Å². The van der Waals surface area contributed by atoms with Gasteiger partial charge in [-0.25, -0.2) is 4.98 Å². The summed E-state index contributed by atoms with van der Waals surface area (Å²) in [5.41, 5.74) is 4.15. The van der Waals surface area contributed by atoms with Crippen molar-refractivity contribution in [3.8, 4) is 0 Å². The van der Waals surface area contributed by atoms with E-state index in [0.717, 1.165) is 36.9 Å². The van der Waals surface area contributed by atoms with E-state index in [4.69, 9.17) is 4.98 Å². The van der Waals surface area contributed by atoms with Gasteiger partial charge in [-0.2, -0.15) is 0 Å². The summed E-state index contributed by atoms with van der Waals surface area (Å²) in [6, 6.07) is 16.6. The lowest BCUT2D eigenvalue weighted by atomic mass is 9.99. The van der Waals surface area contributed by atoms with Gasteiger partial charge < -0.3 is 9.80 Å². The molecule has 2 aromatic rings. The molecule has 1 aliphatic heterocycles. The molecule has 0 N–H and O–H groups in total. The first-order valence-electron chi connectivity index (χ1n) is 10.2. The van der Waals surface area contributed by atoms with Crippen LogP contribution in [0.1, 0.15) is 42.5 Å². The quantitative estimate of drug-likeness (QED) is 0.805. The number of anilines is 1. The highest BCUT2D eigenvalue weighted by Gasteiger charge is 2.29. The van der Waals surface area contributed by atoms with E-state index in [9.17, 15) is 0 Å². The van der Waals surface area contributed by atoms with Gasteiger partial charge in [-0.3, -0.25) is 0 Å². The lowest BCUT2D eigenvalue weighted by molar-refractivity contribution is 0.177. The smallest absolute Gasteiger partial charge is 0.129 e. The predicted molar refractivity (Wildman–Crippen MR) is 109 cm³/mol. The van der Waals surface area contributed by atoms with Gasteiger partial charge in [0.15, 0.2) is 0 Å². The Kier molecular flexibility index (Phi) is 5.26. The highest BCUT2D eigenvalue weighted by Crippen LogP contribution is 2.29. The topological polar surface area (TPSA) is 19.4 Å². The first-order valence-corrected chi connectivity index (χ1v) is 10.2. The van der Waals surface area contributed by atoms with Crippen LogP contribution in [0.2, 0.25) is 0 Å². The van der Waals surface area contributed by atoms with E-state index in [1.807, 2.05) is 0 Å². The van der Waals surface area contributed by atoms with Crippen LogP contribution in [0, 0.1) is 6.92 Å². The minimum atomic E-state index is 0.538. The molecular formula is C23H31N3. The van der Waals surface area contributed by atoms with Gasteiger partial charge in [0.25, 0.3) is 0 Å². The molecule has 1 aromatic carbocycles. The van der Waals surface area contributed by atoms with E-state index < -0.39 is 0 Å². The van der Waals surface area contributed by atoms with Crippen molar-refractivity contribution < 1.29 is 0 Å². The predicted octanol–water partition coefficient (Wildman–Crippen LogP) is 4.24. The molecule has 0 bridgehead atoms. The second-order valence-electron chi connectivity index (χ2n) is 8.08. The number of rotatable bonds is 5. The molecular weight excluding hydrogens is 318 g/mol. The molecule has 1 saturated heterocycles. The van der Waals surface area contributed by atoms with E-state index in [1.165, 1.54) is 43.4 Å². The zero-order valence-electron chi connectivity index (χ0n) is 16.2. The Bertz CT molecular complexity index is 717. The van der Waals surface area contributed by atoms with Crippen LogP contribution in [0.25, 0.3) is 0 Å². The van der Waals surface area contributed by atoms with Crippen molar-refractivity contribution in [2.45, 2.75) is 57.5 Å². The Morgan fingerprint density at radius 3 is 2.50 bits per heavy atom. The van der Waals surface area contributed by atoms with Crippen molar-refractivity contribution in [1.82, 2.24) is 9.88 Å². The number of piperidine rings is 1. The van der Waals surface area contributed by atoms with Gasteiger partial charge in [0.2, 0.25) is 0 Å². The first kappa shape index (κ1) is 17.5. The number of pyridine rings is 1. The maximum absolute atomic E-state index is 4.88. The molecule has 0 saturated carbocycles. The minimum Gasteiger partial charge on any atom is -0.353 e. The standard InChI is InChI=1S/C23H31N3/c1-18-8-7-12-23(24-18)26(15-13-21-11-5-6-14-25(21)2)22-16-19-9-3-4-10-20(19)17-22/h3-4,7-10,12,21-22H,5-6,11,13-17H2,1-2H3. The monoisotopic (exact) mass is 349 g/mol. The van der Waals surface area contributed by atoms with Crippen LogP contribution >= 0.6 is 0 Å². The summed E-state index contributed by atoms with van der Waals surface area (Å²) >= 11 is 0. The number of fused-ring (bicyclic) bond motifs is 1. The van der Waals surface area contributed by atoms with Crippen molar-refractivity contribution in [2.24, 2.45) is 0 Å². The van der Waals surface area contributed by atoms with Gasteiger partial charge in [-0.15, -0.1) is 0 Å². The van der Waals surface area contributed by atoms with Crippen molar-refractivity contribution in [3.05, 3.63) is 59.3 Å². The lowest BCUT2D eigenvalue weighted by Crippen LogP contribution is -2.42. The van der Waals surface area contributed by atoms with Crippen LogP contribution in [0.15, 0.2) is 42.5 Å². The van der Waals surface area contributed by atoms with Crippen LogP contribution in [0.5, 0.6) is 0 Å². The Balaban J connectivity index is 1.52. The second kappa shape index (κ2) is 7.79. The SMILES string of the molecule is Cc1cccc(N(CCC2CCCCN2C)C2Cc3ccccc3C2)n1. The van der Waals surface area contributed by atoms with Gasteiger partial charge in [0.05, 0.1) is 0 Å². The number of nitrogens with zero attached hydrogens (tertiary/aromatic N) is 3. The molecule has 0 amide bonds. The van der Waals surface area contributed by atoms with Crippen LogP contribution in [-0.2, 0) is 12.8 Å². The molecule has 0 radical (unpaired) electrons. The Morgan fingerprint density at radius 1 is 1.04 bits per heavy atom. The van der Waals surface area contributed by atoms with E-state index >= 15 is 0 Å². The Labute approximate surface area is 158 Å². The molecule has 138 valence electrons. The molecule has 2 heterocycles. The average molecular weight is 350 g/mol. The maximum Gasteiger partial charge on any atom is 0.129 e. The van der Waals surface area contributed by atoms with E-state index in [2.05, 4.69) is 66.2 Å². The highest BCUT2D eigenvalue weighted by molar-refractivity contribution is 5.45. The van der Waals surface area contributed by atoms with Crippen molar-refractivity contribution in [3.63, 3.8) is 0 Å². The number of hydrogen-bond acceptors (Lipinski definition) is 3. The molecule has 3 nitrogen and oxygen atoms in total. The number of benzene rings is 1. The largest absolute Gasteiger partial charge is 0.353 e. The number of hydrogen-bond donors (Lipinski definition) is 0. The summed E-state index contributed by atoms with van der Waals surface area (Å²) in [4.78, 5) is 10.0. The van der Waals surface area contributed by atoms with Gasteiger partial charge in [0, 0.05) is 24.3 Å². The van der Waals surface area contributed by atoms with Crippen LogP contribution < -0.4 is 4.90 Å². The third-order valence-electron chi connectivity index (χ3n) is 6.26. The van der Waals surface area contributed by atoms with Crippen LogP contribution in [0.3, 0.4) is 0 Å². The van der Waals surface area contributed by atoms with Crippen molar-refractivity contribution in [2.75, 3.05) is 25.0 Å². The van der Waals surface area contributed by atoms with Crippen molar-refractivity contribution >= 4 is 5.82 Å². The number of likely N-dealkylation sites (tertiary alicyclic amines) is 1. The summed E-state index contributed by atoms with van der Waals surface area (Å²) < 4.78 is 0.